The van der Waals surface area contributed by atoms with E-state index in [9.17, 15) is 9.59 Å². The number of likely N-dealkylation sites (tertiary alicyclic amines) is 1. The Morgan fingerprint density at radius 1 is 1.10 bits per heavy atom. The molecule has 29 heavy (non-hydrogen) atoms. The Balaban J connectivity index is 0.00000240. The molecule has 1 aromatic rings. The number of hydrogen-bond acceptors (Lipinski definition) is 6. The third-order valence-electron chi connectivity index (χ3n) is 6.28. The predicted molar refractivity (Wildman–Crippen MR) is 113 cm³/mol. The van der Waals surface area contributed by atoms with Crippen LogP contribution in [-0.4, -0.2) is 71.4 Å². The zero-order valence-corrected chi connectivity index (χ0v) is 18.1. The maximum absolute atomic E-state index is 13.3. The Labute approximate surface area is 178 Å². The lowest BCUT2D eigenvalue weighted by Crippen LogP contribution is -2.51. The number of fused-ring (bicyclic) bond motifs is 1. The highest BCUT2D eigenvalue weighted by atomic mass is 35.5. The van der Waals surface area contributed by atoms with Gasteiger partial charge in [0, 0.05) is 51.8 Å². The first kappa shape index (κ1) is 21.8. The second-order valence-electron chi connectivity index (χ2n) is 8.39. The van der Waals surface area contributed by atoms with Gasteiger partial charge in [-0.05, 0) is 39.2 Å². The number of nitrogens with zero attached hydrogens (tertiary/aromatic N) is 4. The van der Waals surface area contributed by atoms with E-state index in [2.05, 4.69) is 20.6 Å². The number of nitrogens with one attached hydrogen (secondary N) is 2. The zero-order chi connectivity index (χ0) is 19.7. The quantitative estimate of drug-likeness (QED) is 0.766. The van der Waals surface area contributed by atoms with Crippen molar-refractivity contribution in [2.75, 3.05) is 45.1 Å². The van der Waals surface area contributed by atoms with Crippen molar-refractivity contribution in [2.45, 2.75) is 45.6 Å². The number of carbonyl (C=O) groups excluding carboxylic acids is 2. The van der Waals surface area contributed by atoms with Gasteiger partial charge in [-0.1, -0.05) is 0 Å². The molecule has 8 nitrogen and oxygen atoms in total. The molecule has 1 aromatic heterocycles. The average Bonchev–Trinajstić information content (AvgIpc) is 3.27. The van der Waals surface area contributed by atoms with Crippen molar-refractivity contribution in [3.05, 3.63) is 17.0 Å². The number of amides is 2. The van der Waals surface area contributed by atoms with Gasteiger partial charge in [-0.3, -0.25) is 9.59 Å². The topological polar surface area (TPSA) is 90.5 Å². The molecule has 0 spiro atoms. The van der Waals surface area contributed by atoms with Gasteiger partial charge < -0.3 is 20.4 Å². The molecule has 4 heterocycles. The summed E-state index contributed by atoms with van der Waals surface area (Å²) in [4.78, 5) is 39.3. The van der Waals surface area contributed by atoms with Crippen LogP contribution in [0.5, 0.6) is 0 Å². The van der Waals surface area contributed by atoms with Gasteiger partial charge in [0.05, 0.1) is 11.1 Å². The highest BCUT2D eigenvalue weighted by molar-refractivity contribution is 5.95. The summed E-state index contributed by atoms with van der Waals surface area (Å²) in [7, 11) is 1.77. The minimum absolute atomic E-state index is 0. The normalized spacial score (nSPS) is 23.9. The summed E-state index contributed by atoms with van der Waals surface area (Å²) in [5, 5.41) is 6.33. The Hall–Kier alpha value is -1.93. The second kappa shape index (κ2) is 8.83. The fraction of sp³-hybridized carbons (Fsp3) is 0.700. The largest absolute Gasteiger partial charge is 0.357 e. The zero-order valence-electron chi connectivity index (χ0n) is 17.3. The first-order valence-corrected chi connectivity index (χ1v) is 10.4. The lowest BCUT2D eigenvalue weighted by Gasteiger charge is -2.39. The summed E-state index contributed by atoms with van der Waals surface area (Å²) < 4.78 is 0. The van der Waals surface area contributed by atoms with Crippen LogP contribution in [-0.2, 0) is 17.8 Å². The molecule has 0 aliphatic carbocycles. The molecule has 2 amide bonds. The van der Waals surface area contributed by atoms with Gasteiger partial charge >= 0.3 is 0 Å². The fourth-order valence-corrected chi connectivity index (χ4v) is 4.57. The van der Waals surface area contributed by atoms with Crippen LogP contribution in [0.4, 0.5) is 5.95 Å². The van der Waals surface area contributed by atoms with Gasteiger partial charge in [0.25, 0.3) is 5.91 Å². The van der Waals surface area contributed by atoms with E-state index >= 15 is 0 Å². The minimum atomic E-state index is -0.374. The second-order valence-corrected chi connectivity index (χ2v) is 8.39. The lowest BCUT2D eigenvalue weighted by molar-refractivity contribution is -0.143. The molecule has 4 rings (SSSR count). The number of rotatable bonds is 3. The monoisotopic (exact) mass is 422 g/mol. The molecule has 0 bridgehead atoms. The smallest absolute Gasteiger partial charge is 0.273 e. The van der Waals surface area contributed by atoms with Gasteiger partial charge in [0.2, 0.25) is 11.9 Å². The van der Waals surface area contributed by atoms with Crippen LogP contribution in [0.3, 0.4) is 0 Å². The molecule has 1 unspecified atom stereocenters. The Morgan fingerprint density at radius 2 is 1.86 bits per heavy atom. The molecule has 9 heteroatoms. The van der Waals surface area contributed by atoms with E-state index in [1.807, 2.05) is 16.7 Å². The van der Waals surface area contributed by atoms with Crippen molar-refractivity contribution in [3.8, 4) is 0 Å². The first-order chi connectivity index (χ1) is 13.5. The van der Waals surface area contributed by atoms with E-state index < -0.39 is 0 Å². The van der Waals surface area contributed by atoms with Gasteiger partial charge in [-0.25, -0.2) is 9.97 Å². The van der Waals surface area contributed by atoms with E-state index in [0.717, 1.165) is 56.6 Å². The van der Waals surface area contributed by atoms with Gasteiger partial charge in [0.15, 0.2) is 0 Å². The van der Waals surface area contributed by atoms with E-state index in [1.165, 1.54) is 0 Å². The fourth-order valence-electron chi connectivity index (χ4n) is 4.57. The van der Waals surface area contributed by atoms with Crippen LogP contribution >= 0.6 is 12.4 Å². The third kappa shape index (κ3) is 4.19. The number of carbonyl (C=O) groups is 2. The highest BCUT2D eigenvalue weighted by Crippen LogP contribution is 2.31. The van der Waals surface area contributed by atoms with Crippen molar-refractivity contribution in [3.63, 3.8) is 0 Å². The lowest BCUT2D eigenvalue weighted by atomic mass is 9.81. The molecule has 0 aromatic carbocycles. The number of aromatic nitrogens is 2. The Morgan fingerprint density at radius 3 is 2.52 bits per heavy atom. The Bertz CT molecular complexity index is 774. The molecular formula is C20H31ClN6O2. The summed E-state index contributed by atoms with van der Waals surface area (Å²) in [6.45, 7) is 6.35. The van der Waals surface area contributed by atoms with E-state index in [4.69, 9.17) is 0 Å². The average molecular weight is 423 g/mol. The number of halogens is 1. The summed E-state index contributed by atoms with van der Waals surface area (Å²) in [5.41, 5.74) is 1.79. The van der Waals surface area contributed by atoms with Crippen LogP contribution in [0.1, 0.15) is 54.4 Å². The van der Waals surface area contributed by atoms with Crippen molar-refractivity contribution >= 4 is 30.2 Å². The summed E-state index contributed by atoms with van der Waals surface area (Å²) in [6.07, 6.45) is 4.64. The summed E-state index contributed by atoms with van der Waals surface area (Å²) >= 11 is 0. The van der Waals surface area contributed by atoms with Gasteiger partial charge in [-0.2, -0.15) is 0 Å². The molecular weight excluding hydrogens is 392 g/mol. The number of piperidine rings is 1. The van der Waals surface area contributed by atoms with E-state index in [0.29, 0.717) is 37.7 Å². The van der Waals surface area contributed by atoms with Crippen LogP contribution < -0.4 is 10.6 Å². The van der Waals surface area contributed by atoms with Crippen molar-refractivity contribution in [2.24, 2.45) is 5.41 Å². The SMILES string of the molecule is CNc1nc2c(c(C(=O)N3CCCC3)n1)CN(C(=O)C1(C)CCCNC1)CC2.Cl. The highest BCUT2D eigenvalue weighted by Gasteiger charge is 2.40. The summed E-state index contributed by atoms with van der Waals surface area (Å²) in [5.74, 6) is 0.611. The predicted octanol–water partition coefficient (Wildman–Crippen LogP) is 1.45. The molecule has 0 saturated carbocycles. The van der Waals surface area contributed by atoms with Crippen LogP contribution in [0.2, 0.25) is 0 Å². The molecule has 3 aliphatic heterocycles. The third-order valence-corrected chi connectivity index (χ3v) is 6.28. The maximum atomic E-state index is 13.3. The molecule has 0 radical (unpaired) electrons. The number of hydrogen-bond donors (Lipinski definition) is 2. The standard InChI is InChI=1S/C20H30N6O2.ClH/c1-20(7-5-8-22-13-20)18(28)26-11-6-15-14(12-26)16(24-19(21-2)23-15)17(27)25-9-3-4-10-25;/h22H,3-13H2,1-2H3,(H,21,23,24);1H. The van der Waals surface area contributed by atoms with Crippen molar-refractivity contribution in [1.29, 1.82) is 0 Å². The molecule has 1 atom stereocenters. The summed E-state index contributed by atoms with van der Waals surface area (Å²) in [6, 6.07) is 0. The van der Waals surface area contributed by atoms with Crippen molar-refractivity contribution < 1.29 is 9.59 Å². The molecule has 2 fully saturated rings. The molecule has 3 aliphatic rings. The number of anilines is 1. The van der Waals surface area contributed by atoms with Gasteiger partial charge in [0.1, 0.15) is 5.69 Å². The Kier molecular flexibility index (Phi) is 6.63. The van der Waals surface area contributed by atoms with Crippen molar-refractivity contribution in [1.82, 2.24) is 25.1 Å². The van der Waals surface area contributed by atoms with Crippen LogP contribution in [0, 0.1) is 5.41 Å². The molecule has 2 saturated heterocycles. The maximum Gasteiger partial charge on any atom is 0.273 e. The minimum Gasteiger partial charge on any atom is -0.357 e. The molecule has 160 valence electrons. The molecule has 2 N–H and O–H groups in total. The first-order valence-electron chi connectivity index (χ1n) is 10.4. The van der Waals surface area contributed by atoms with E-state index in [-0.39, 0.29) is 29.6 Å². The van der Waals surface area contributed by atoms with E-state index in [1.54, 1.807) is 7.05 Å². The van der Waals surface area contributed by atoms with Gasteiger partial charge in [-0.15, -0.1) is 12.4 Å². The van der Waals surface area contributed by atoms with Crippen LogP contribution in [0.15, 0.2) is 0 Å². The van der Waals surface area contributed by atoms with Crippen LogP contribution in [0.25, 0.3) is 0 Å².